The minimum atomic E-state index is -0.906. The second-order valence-electron chi connectivity index (χ2n) is 4.80. The van der Waals surface area contributed by atoms with Gasteiger partial charge in [-0.3, -0.25) is 0 Å². The first kappa shape index (κ1) is 16.9. The average Bonchev–Trinajstić information content (AvgIpc) is 2.44. The zero-order valence-electron chi connectivity index (χ0n) is 11.9. The summed E-state index contributed by atoms with van der Waals surface area (Å²) >= 11 is 0. The highest BCUT2D eigenvalue weighted by atomic mass is 19.2. The van der Waals surface area contributed by atoms with Gasteiger partial charge in [0, 0.05) is 24.9 Å². The minimum absolute atomic E-state index is 0.236. The SMILES string of the molecule is CCCCCCOCC(O)CNc1ccc(F)c(F)c1. The van der Waals surface area contributed by atoms with Crippen LogP contribution in [0, 0.1) is 11.6 Å². The van der Waals surface area contributed by atoms with E-state index in [2.05, 4.69) is 12.2 Å². The molecule has 1 unspecified atom stereocenters. The molecule has 0 radical (unpaired) electrons. The maximum atomic E-state index is 13.0. The molecule has 1 atom stereocenters. The van der Waals surface area contributed by atoms with Crippen LogP contribution >= 0.6 is 0 Å². The van der Waals surface area contributed by atoms with Crippen molar-refractivity contribution in [3.63, 3.8) is 0 Å². The van der Waals surface area contributed by atoms with Crippen molar-refractivity contribution >= 4 is 5.69 Å². The minimum Gasteiger partial charge on any atom is -0.389 e. The molecule has 5 heteroatoms. The number of rotatable bonds is 10. The summed E-state index contributed by atoms with van der Waals surface area (Å²) < 4.78 is 31.0. The van der Waals surface area contributed by atoms with Crippen LogP contribution in [-0.2, 0) is 4.74 Å². The van der Waals surface area contributed by atoms with Gasteiger partial charge in [0.15, 0.2) is 11.6 Å². The number of aliphatic hydroxyl groups excluding tert-OH is 1. The Balaban J connectivity index is 2.13. The van der Waals surface area contributed by atoms with Crippen LogP contribution in [0.15, 0.2) is 18.2 Å². The molecular formula is C15H23F2NO2. The van der Waals surface area contributed by atoms with E-state index in [4.69, 9.17) is 4.74 Å². The predicted molar refractivity (Wildman–Crippen MR) is 75.8 cm³/mol. The molecule has 1 aromatic carbocycles. The second-order valence-corrected chi connectivity index (χ2v) is 4.80. The van der Waals surface area contributed by atoms with E-state index < -0.39 is 17.7 Å². The quantitative estimate of drug-likeness (QED) is 0.649. The van der Waals surface area contributed by atoms with Crippen molar-refractivity contribution in [3.8, 4) is 0 Å². The van der Waals surface area contributed by atoms with Crippen LogP contribution in [0.1, 0.15) is 32.6 Å². The first-order valence-electron chi connectivity index (χ1n) is 7.08. The van der Waals surface area contributed by atoms with Crippen LogP contribution in [0.3, 0.4) is 0 Å². The summed E-state index contributed by atoms with van der Waals surface area (Å²) in [5, 5.41) is 12.5. The highest BCUT2D eigenvalue weighted by molar-refractivity contribution is 5.43. The molecule has 0 aromatic heterocycles. The lowest BCUT2D eigenvalue weighted by molar-refractivity contribution is 0.0416. The third-order valence-corrected chi connectivity index (χ3v) is 2.91. The third kappa shape index (κ3) is 6.82. The van der Waals surface area contributed by atoms with E-state index in [1.165, 1.54) is 18.9 Å². The molecule has 0 aliphatic heterocycles. The smallest absolute Gasteiger partial charge is 0.160 e. The first-order chi connectivity index (χ1) is 9.63. The Morgan fingerprint density at radius 2 is 2.00 bits per heavy atom. The number of aliphatic hydroxyl groups is 1. The molecule has 0 heterocycles. The Hall–Kier alpha value is -1.20. The van der Waals surface area contributed by atoms with Crippen molar-refractivity contribution in [2.75, 3.05) is 25.1 Å². The topological polar surface area (TPSA) is 41.5 Å². The highest BCUT2D eigenvalue weighted by Crippen LogP contribution is 2.12. The van der Waals surface area contributed by atoms with E-state index in [0.717, 1.165) is 25.0 Å². The largest absolute Gasteiger partial charge is 0.389 e. The summed E-state index contributed by atoms with van der Waals surface area (Å²) in [5.74, 6) is -1.79. The molecule has 1 rings (SSSR count). The second kappa shape index (κ2) is 9.66. The molecule has 114 valence electrons. The number of benzene rings is 1. The van der Waals surface area contributed by atoms with Gasteiger partial charge in [0.25, 0.3) is 0 Å². The lowest BCUT2D eigenvalue weighted by Crippen LogP contribution is -2.25. The lowest BCUT2D eigenvalue weighted by Gasteiger charge is -2.13. The van der Waals surface area contributed by atoms with Crippen molar-refractivity contribution in [3.05, 3.63) is 29.8 Å². The Labute approximate surface area is 119 Å². The molecule has 0 bridgehead atoms. The van der Waals surface area contributed by atoms with Crippen LogP contribution in [0.2, 0.25) is 0 Å². The van der Waals surface area contributed by atoms with Crippen molar-refractivity contribution in [2.45, 2.75) is 38.7 Å². The summed E-state index contributed by atoms with van der Waals surface area (Å²) in [7, 11) is 0. The van der Waals surface area contributed by atoms with Crippen LogP contribution in [0.25, 0.3) is 0 Å². The molecule has 0 aliphatic rings. The predicted octanol–water partition coefficient (Wildman–Crippen LogP) is 3.33. The molecule has 0 aliphatic carbocycles. The molecule has 1 aromatic rings. The number of halogens is 2. The Bertz CT molecular complexity index is 388. The summed E-state index contributed by atoms with van der Waals surface area (Å²) in [5.41, 5.74) is 0.436. The Morgan fingerprint density at radius 1 is 1.20 bits per heavy atom. The molecule has 20 heavy (non-hydrogen) atoms. The van der Waals surface area contributed by atoms with Gasteiger partial charge in [0.05, 0.1) is 12.7 Å². The molecule has 0 amide bonds. The fourth-order valence-corrected chi connectivity index (χ4v) is 1.75. The van der Waals surface area contributed by atoms with Gasteiger partial charge >= 0.3 is 0 Å². The van der Waals surface area contributed by atoms with E-state index in [9.17, 15) is 13.9 Å². The van der Waals surface area contributed by atoms with Crippen molar-refractivity contribution < 1.29 is 18.6 Å². The number of ether oxygens (including phenoxy) is 1. The number of hydrogen-bond acceptors (Lipinski definition) is 3. The molecule has 0 saturated heterocycles. The van der Waals surface area contributed by atoms with Gasteiger partial charge in [-0.25, -0.2) is 8.78 Å². The normalized spacial score (nSPS) is 12.4. The monoisotopic (exact) mass is 287 g/mol. The van der Waals surface area contributed by atoms with Gasteiger partial charge in [-0.1, -0.05) is 26.2 Å². The first-order valence-corrected chi connectivity index (χ1v) is 7.08. The number of unbranched alkanes of at least 4 members (excludes halogenated alkanes) is 3. The van der Waals surface area contributed by atoms with Crippen molar-refractivity contribution in [1.29, 1.82) is 0 Å². The van der Waals surface area contributed by atoms with E-state index >= 15 is 0 Å². The van der Waals surface area contributed by atoms with E-state index in [-0.39, 0.29) is 13.2 Å². The molecule has 0 fully saturated rings. The van der Waals surface area contributed by atoms with Crippen LogP contribution in [0.5, 0.6) is 0 Å². The van der Waals surface area contributed by atoms with Gasteiger partial charge < -0.3 is 15.2 Å². The van der Waals surface area contributed by atoms with E-state index in [1.54, 1.807) is 0 Å². The van der Waals surface area contributed by atoms with E-state index in [1.807, 2.05) is 0 Å². The molecule has 3 nitrogen and oxygen atoms in total. The fraction of sp³-hybridized carbons (Fsp3) is 0.600. The summed E-state index contributed by atoms with van der Waals surface area (Å²) in [6.45, 7) is 3.26. The maximum absolute atomic E-state index is 13.0. The van der Waals surface area contributed by atoms with Crippen molar-refractivity contribution in [1.82, 2.24) is 0 Å². The number of nitrogens with one attached hydrogen (secondary N) is 1. The summed E-state index contributed by atoms with van der Waals surface area (Å²) in [6, 6.07) is 3.54. The van der Waals surface area contributed by atoms with Crippen LogP contribution in [0.4, 0.5) is 14.5 Å². The zero-order valence-corrected chi connectivity index (χ0v) is 11.9. The summed E-state index contributed by atoms with van der Waals surface area (Å²) in [6.07, 6.45) is 3.84. The number of anilines is 1. The maximum Gasteiger partial charge on any atom is 0.160 e. The van der Waals surface area contributed by atoms with Crippen LogP contribution in [-0.4, -0.2) is 31.0 Å². The fourth-order valence-electron chi connectivity index (χ4n) is 1.75. The van der Waals surface area contributed by atoms with Gasteiger partial charge in [-0.15, -0.1) is 0 Å². The van der Waals surface area contributed by atoms with Gasteiger partial charge in [0.1, 0.15) is 0 Å². The Kier molecular flexibility index (Phi) is 8.14. The molecule has 2 N–H and O–H groups in total. The third-order valence-electron chi connectivity index (χ3n) is 2.91. The lowest BCUT2D eigenvalue weighted by atomic mass is 10.2. The van der Waals surface area contributed by atoms with Crippen LogP contribution < -0.4 is 5.32 Å². The molecule has 0 spiro atoms. The Morgan fingerprint density at radius 3 is 2.70 bits per heavy atom. The van der Waals surface area contributed by atoms with Gasteiger partial charge in [0.2, 0.25) is 0 Å². The molecular weight excluding hydrogens is 264 g/mol. The average molecular weight is 287 g/mol. The standard InChI is InChI=1S/C15H23F2NO2/c1-2-3-4-5-8-20-11-13(19)10-18-12-6-7-14(16)15(17)9-12/h6-7,9,13,18-19H,2-5,8,10-11H2,1H3. The van der Waals surface area contributed by atoms with Gasteiger partial charge in [-0.05, 0) is 18.6 Å². The highest BCUT2D eigenvalue weighted by Gasteiger charge is 2.06. The van der Waals surface area contributed by atoms with E-state index in [0.29, 0.717) is 12.3 Å². The van der Waals surface area contributed by atoms with Gasteiger partial charge in [-0.2, -0.15) is 0 Å². The number of hydrogen-bond donors (Lipinski definition) is 2. The van der Waals surface area contributed by atoms with Crippen molar-refractivity contribution in [2.24, 2.45) is 0 Å². The summed E-state index contributed by atoms with van der Waals surface area (Å²) in [4.78, 5) is 0. The zero-order chi connectivity index (χ0) is 14.8. The molecule has 0 saturated carbocycles.